The second-order valence-electron chi connectivity index (χ2n) is 4.42. The molecule has 0 heterocycles. The second-order valence-corrected chi connectivity index (χ2v) is 5.34. The van der Waals surface area contributed by atoms with Crippen molar-refractivity contribution in [2.45, 2.75) is 38.1 Å². The van der Waals surface area contributed by atoms with Gasteiger partial charge in [0.2, 0.25) is 0 Å². The van der Waals surface area contributed by atoms with Crippen LogP contribution in [-0.2, 0) is 6.42 Å². The quantitative estimate of drug-likeness (QED) is 0.787. The van der Waals surface area contributed by atoms with Crippen LogP contribution in [0.25, 0.3) is 0 Å². The van der Waals surface area contributed by atoms with Crippen LogP contribution in [0.3, 0.4) is 0 Å². The predicted octanol–water partition coefficient (Wildman–Crippen LogP) is 3.66. The summed E-state index contributed by atoms with van der Waals surface area (Å²) in [6, 6.07) is 6.09. The molecule has 0 aromatic heterocycles. The zero-order valence-corrected chi connectivity index (χ0v) is 10.9. The van der Waals surface area contributed by atoms with Gasteiger partial charge >= 0.3 is 0 Å². The molecule has 1 aromatic carbocycles. The molecule has 88 valence electrons. The summed E-state index contributed by atoms with van der Waals surface area (Å²) in [6.07, 6.45) is 5.69. The Labute approximate surface area is 105 Å². The first-order valence-corrected chi connectivity index (χ1v) is 6.72. The van der Waals surface area contributed by atoms with E-state index in [1.54, 1.807) is 0 Å². The minimum absolute atomic E-state index is 0.0930. The highest BCUT2D eigenvalue weighted by molar-refractivity contribution is 9.10. The van der Waals surface area contributed by atoms with E-state index in [0.29, 0.717) is 0 Å². The van der Waals surface area contributed by atoms with Gasteiger partial charge in [0.1, 0.15) is 5.82 Å². The fourth-order valence-electron chi connectivity index (χ4n) is 1.76. The Morgan fingerprint density at radius 1 is 1.31 bits per heavy atom. The van der Waals surface area contributed by atoms with E-state index in [2.05, 4.69) is 21.2 Å². The van der Waals surface area contributed by atoms with E-state index in [0.717, 1.165) is 41.9 Å². The van der Waals surface area contributed by atoms with E-state index < -0.39 is 0 Å². The third-order valence-corrected chi connectivity index (χ3v) is 3.39. The molecule has 16 heavy (non-hydrogen) atoms. The minimum Gasteiger partial charge on any atom is -0.314 e. The van der Waals surface area contributed by atoms with Gasteiger partial charge in [-0.2, -0.15) is 0 Å². The molecule has 0 amide bonds. The molecule has 1 aromatic rings. The lowest BCUT2D eigenvalue weighted by atomic mass is 10.1. The molecule has 0 spiro atoms. The van der Waals surface area contributed by atoms with Crippen LogP contribution in [0.5, 0.6) is 0 Å². The molecule has 0 radical (unpaired) electrons. The Balaban J connectivity index is 1.67. The van der Waals surface area contributed by atoms with Gasteiger partial charge in [-0.25, -0.2) is 4.39 Å². The normalized spacial score (nSPS) is 15.4. The Bertz CT molecular complexity index is 350. The first kappa shape index (κ1) is 12.1. The maximum absolute atomic E-state index is 13.5. The average Bonchev–Trinajstić information content (AvgIpc) is 3.04. The number of rotatable bonds is 6. The monoisotopic (exact) mass is 285 g/mol. The van der Waals surface area contributed by atoms with Gasteiger partial charge in [-0.05, 0) is 56.3 Å². The molecule has 0 unspecified atom stereocenters. The van der Waals surface area contributed by atoms with Crippen LogP contribution in [0.1, 0.15) is 31.2 Å². The molecule has 1 N–H and O–H groups in total. The molecular weight excluding hydrogens is 269 g/mol. The number of nitrogens with one attached hydrogen (secondary N) is 1. The van der Waals surface area contributed by atoms with Gasteiger partial charge in [-0.1, -0.05) is 22.0 Å². The fourth-order valence-corrected chi connectivity index (χ4v) is 2.09. The van der Waals surface area contributed by atoms with E-state index in [9.17, 15) is 4.39 Å². The Hall–Kier alpha value is -0.410. The van der Waals surface area contributed by atoms with Crippen molar-refractivity contribution in [1.29, 1.82) is 0 Å². The molecule has 1 saturated carbocycles. The molecule has 1 fully saturated rings. The standard InChI is InChI=1S/C13H17BrFN/c14-11-5-4-10(13(15)9-11)3-1-2-8-16-12-6-7-12/h4-5,9,12,16H,1-3,6-8H2. The zero-order chi connectivity index (χ0) is 11.4. The molecule has 0 aliphatic heterocycles. The third-order valence-electron chi connectivity index (χ3n) is 2.90. The molecule has 1 nitrogen and oxygen atoms in total. The van der Waals surface area contributed by atoms with E-state index in [1.807, 2.05) is 12.1 Å². The number of hydrogen-bond acceptors (Lipinski definition) is 1. The predicted molar refractivity (Wildman–Crippen MR) is 68.1 cm³/mol. The molecular formula is C13H17BrFN. The number of hydrogen-bond donors (Lipinski definition) is 1. The summed E-state index contributed by atoms with van der Waals surface area (Å²) in [4.78, 5) is 0. The van der Waals surface area contributed by atoms with Gasteiger partial charge in [-0.3, -0.25) is 0 Å². The summed E-state index contributed by atoms with van der Waals surface area (Å²) in [5.41, 5.74) is 0.828. The van der Waals surface area contributed by atoms with Crippen molar-refractivity contribution in [3.63, 3.8) is 0 Å². The Morgan fingerprint density at radius 3 is 2.81 bits per heavy atom. The average molecular weight is 286 g/mol. The lowest BCUT2D eigenvalue weighted by Crippen LogP contribution is -2.17. The molecule has 2 rings (SSSR count). The fraction of sp³-hybridized carbons (Fsp3) is 0.538. The number of benzene rings is 1. The number of halogens is 2. The molecule has 0 saturated heterocycles. The van der Waals surface area contributed by atoms with Gasteiger partial charge in [-0.15, -0.1) is 0 Å². The first-order valence-electron chi connectivity index (χ1n) is 5.93. The van der Waals surface area contributed by atoms with Crippen LogP contribution >= 0.6 is 15.9 Å². The van der Waals surface area contributed by atoms with Crippen LogP contribution in [0.4, 0.5) is 4.39 Å². The first-order chi connectivity index (χ1) is 7.75. The molecule has 0 bridgehead atoms. The van der Waals surface area contributed by atoms with E-state index >= 15 is 0 Å². The summed E-state index contributed by atoms with van der Waals surface area (Å²) in [7, 11) is 0. The maximum atomic E-state index is 13.5. The van der Waals surface area contributed by atoms with E-state index in [4.69, 9.17) is 0 Å². The summed E-state index contributed by atoms with van der Waals surface area (Å²) < 4.78 is 14.3. The Kier molecular flexibility index (Phi) is 4.36. The number of aryl methyl sites for hydroxylation is 1. The van der Waals surface area contributed by atoms with Gasteiger partial charge in [0.25, 0.3) is 0 Å². The summed E-state index contributed by atoms with van der Waals surface area (Å²) in [5.74, 6) is -0.0930. The van der Waals surface area contributed by atoms with Crippen LogP contribution in [0.15, 0.2) is 22.7 Å². The SMILES string of the molecule is Fc1cc(Br)ccc1CCCCNC1CC1. The largest absolute Gasteiger partial charge is 0.314 e. The van der Waals surface area contributed by atoms with Crippen molar-refractivity contribution < 1.29 is 4.39 Å². The lowest BCUT2D eigenvalue weighted by molar-refractivity contribution is 0.585. The van der Waals surface area contributed by atoms with Crippen LogP contribution in [0.2, 0.25) is 0 Å². The summed E-state index contributed by atoms with van der Waals surface area (Å²) in [6.45, 7) is 1.07. The van der Waals surface area contributed by atoms with E-state index in [1.165, 1.54) is 18.9 Å². The van der Waals surface area contributed by atoms with Gasteiger partial charge in [0.15, 0.2) is 0 Å². The van der Waals surface area contributed by atoms with Crippen molar-refractivity contribution in [2.24, 2.45) is 0 Å². The molecule has 1 aliphatic rings. The van der Waals surface area contributed by atoms with Gasteiger partial charge in [0, 0.05) is 10.5 Å². The third kappa shape index (κ3) is 3.87. The van der Waals surface area contributed by atoms with Gasteiger partial charge in [0.05, 0.1) is 0 Å². The molecule has 0 atom stereocenters. The van der Waals surface area contributed by atoms with Crippen molar-refractivity contribution in [3.05, 3.63) is 34.1 Å². The van der Waals surface area contributed by atoms with Crippen molar-refractivity contribution in [2.75, 3.05) is 6.54 Å². The highest BCUT2D eigenvalue weighted by atomic mass is 79.9. The van der Waals surface area contributed by atoms with Crippen LogP contribution < -0.4 is 5.32 Å². The molecule has 3 heteroatoms. The topological polar surface area (TPSA) is 12.0 Å². The number of unbranched alkanes of at least 4 members (excludes halogenated alkanes) is 1. The van der Waals surface area contributed by atoms with Crippen LogP contribution in [-0.4, -0.2) is 12.6 Å². The van der Waals surface area contributed by atoms with Crippen molar-refractivity contribution in [1.82, 2.24) is 5.32 Å². The van der Waals surface area contributed by atoms with Crippen molar-refractivity contribution in [3.8, 4) is 0 Å². The smallest absolute Gasteiger partial charge is 0.127 e. The van der Waals surface area contributed by atoms with Crippen LogP contribution in [0, 0.1) is 5.82 Å². The van der Waals surface area contributed by atoms with E-state index in [-0.39, 0.29) is 5.82 Å². The van der Waals surface area contributed by atoms with Crippen molar-refractivity contribution >= 4 is 15.9 Å². The summed E-state index contributed by atoms with van der Waals surface area (Å²) in [5, 5.41) is 3.47. The lowest BCUT2D eigenvalue weighted by Gasteiger charge is -2.04. The maximum Gasteiger partial charge on any atom is 0.127 e. The zero-order valence-electron chi connectivity index (χ0n) is 9.31. The minimum atomic E-state index is -0.0930. The second kappa shape index (κ2) is 5.78. The molecule has 1 aliphatic carbocycles. The highest BCUT2D eigenvalue weighted by Crippen LogP contribution is 2.19. The summed E-state index contributed by atoms with van der Waals surface area (Å²) >= 11 is 3.26. The van der Waals surface area contributed by atoms with Gasteiger partial charge < -0.3 is 5.32 Å². The highest BCUT2D eigenvalue weighted by Gasteiger charge is 2.19. The Morgan fingerprint density at radius 2 is 2.12 bits per heavy atom.